The average Bonchev–Trinajstić information content (AvgIpc) is 4.15. The number of nitrogens with one attached hydrogen (secondary N) is 2. The molecule has 3 atom stereocenters. The average molecular weight is 968 g/mol. The van der Waals surface area contributed by atoms with E-state index in [0.29, 0.717) is 94.5 Å². The van der Waals surface area contributed by atoms with Crippen LogP contribution in [0.25, 0.3) is 44.8 Å². The van der Waals surface area contributed by atoms with Crippen molar-refractivity contribution in [1.29, 1.82) is 0 Å². The summed E-state index contributed by atoms with van der Waals surface area (Å²) >= 11 is 12.2. The highest BCUT2D eigenvalue weighted by Crippen LogP contribution is 2.33. The molecule has 3 saturated heterocycles. The van der Waals surface area contributed by atoms with E-state index in [4.69, 9.17) is 32.7 Å². The number of carbonyl (C=O) groups excluding carboxylic acids is 1. The summed E-state index contributed by atoms with van der Waals surface area (Å²) in [7, 11) is -3.95. The third-order valence-corrected chi connectivity index (χ3v) is 13.7. The Morgan fingerprint density at radius 2 is 1.55 bits per heavy atom. The van der Waals surface area contributed by atoms with Crippen LogP contribution in [-0.2, 0) is 32.3 Å². The van der Waals surface area contributed by atoms with Crippen LogP contribution >= 0.6 is 35.6 Å². The second-order valence-electron chi connectivity index (χ2n) is 16.1. The van der Waals surface area contributed by atoms with E-state index in [0.717, 1.165) is 53.5 Å². The quantitative estimate of drug-likeness (QED) is 0.142. The van der Waals surface area contributed by atoms with Crippen LogP contribution in [0.2, 0.25) is 10.0 Å². The van der Waals surface area contributed by atoms with Crippen LogP contribution in [0.1, 0.15) is 36.2 Å². The highest BCUT2D eigenvalue weighted by atomic mass is 35.5. The first-order chi connectivity index (χ1) is 30.9. The molecule has 3 aliphatic rings. The van der Waals surface area contributed by atoms with E-state index in [-0.39, 0.29) is 46.9 Å². The first-order valence-corrected chi connectivity index (χ1v) is 23.0. The molecular weight excluding hydrogens is 925 g/mol. The lowest BCUT2D eigenvalue weighted by Crippen LogP contribution is -2.33. The van der Waals surface area contributed by atoms with Gasteiger partial charge in [-0.25, -0.2) is 55.9 Å². The van der Waals surface area contributed by atoms with Crippen LogP contribution in [0.3, 0.4) is 0 Å². The molecule has 2 N–H and O–H groups in total. The molecule has 3 aliphatic heterocycles. The molecule has 0 bridgehead atoms. The van der Waals surface area contributed by atoms with Crippen molar-refractivity contribution in [3.63, 3.8) is 0 Å². The fourth-order valence-electron chi connectivity index (χ4n) is 8.18. The molecule has 10 rings (SSSR count). The Balaban J connectivity index is 0.000000175. The fraction of sp³-hybridized carbons (Fsp3) is 0.341. The van der Waals surface area contributed by atoms with Crippen LogP contribution < -0.4 is 5.32 Å². The van der Waals surface area contributed by atoms with E-state index in [1.54, 1.807) is 53.7 Å². The van der Waals surface area contributed by atoms with E-state index in [1.807, 2.05) is 6.92 Å². The van der Waals surface area contributed by atoms with Gasteiger partial charge >= 0.3 is 6.09 Å². The maximum atomic E-state index is 14.5. The van der Waals surface area contributed by atoms with Crippen molar-refractivity contribution in [2.24, 2.45) is 11.8 Å². The number of carbonyl (C=O) groups is 1. The number of likely N-dealkylation sites (tertiary alicyclic amines) is 1. The summed E-state index contributed by atoms with van der Waals surface area (Å²) < 4.78 is 67.6. The zero-order valence-electron chi connectivity index (χ0n) is 34.9. The Labute approximate surface area is 388 Å². The number of rotatable bonds is 9. The topological polar surface area (TPSA) is 183 Å². The number of fused-ring (bicyclic) bond motifs is 2. The zero-order chi connectivity index (χ0) is 44.5. The number of hydrogen-bond donors (Lipinski definition) is 2. The second kappa shape index (κ2) is 19.6. The number of benzene rings is 1. The highest BCUT2D eigenvalue weighted by molar-refractivity contribution is 7.90. The van der Waals surface area contributed by atoms with Crippen LogP contribution in [0, 0.1) is 30.4 Å². The Morgan fingerprint density at radius 1 is 0.877 bits per heavy atom. The summed E-state index contributed by atoms with van der Waals surface area (Å²) in [6, 6.07) is 9.96. The van der Waals surface area contributed by atoms with Crippen molar-refractivity contribution in [3.05, 3.63) is 112 Å². The van der Waals surface area contributed by atoms with Crippen molar-refractivity contribution >= 4 is 73.8 Å². The normalized spacial score (nSPS) is 18.5. The molecule has 340 valence electrons. The predicted octanol–water partition coefficient (Wildman–Crippen LogP) is 8.01. The first kappa shape index (κ1) is 46.2. The van der Waals surface area contributed by atoms with Gasteiger partial charge in [-0.3, -0.25) is 0 Å². The number of hydrogen-bond acceptors (Lipinski definition) is 12. The number of H-pyrrole nitrogens is 1. The maximum absolute atomic E-state index is 14.5. The van der Waals surface area contributed by atoms with Crippen molar-refractivity contribution in [2.75, 3.05) is 39.4 Å². The molecule has 3 fully saturated rings. The number of amides is 1. The minimum absolute atomic E-state index is 0. The van der Waals surface area contributed by atoms with Crippen LogP contribution in [0.5, 0.6) is 0 Å². The van der Waals surface area contributed by atoms with Gasteiger partial charge in [0.15, 0.2) is 28.9 Å². The number of halogens is 5. The number of ether oxygens (including phenoxy) is 2. The van der Waals surface area contributed by atoms with Gasteiger partial charge in [-0.1, -0.05) is 40.9 Å². The third kappa shape index (κ3) is 10.1. The van der Waals surface area contributed by atoms with Crippen molar-refractivity contribution in [1.82, 2.24) is 49.1 Å². The van der Waals surface area contributed by atoms with Gasteiger partial charge in [0.2, 0.25) is 0 Å². The minimum atomic E-state index is -3.95. The monoisotopic (exact) mass is 966 g/mol. The first-order valence-electron chi connectivity index (χ1n) is 20.8. The van der Waals surface area contributed by atoms with Gasteiger partial charge in [-0.05, 0) is 81.8 Å². The van der Waals surface area contributed by atoms with Gasteiger partial charge < -0.3 is 24.7 Å². The molecule has 0 radical (unpaired) electrons. The van der Waals surface area contributed by atoms with Crippen LogP contribution in [-0.4, -0.2) is 104 Å². The molecule has 1 aromatic carbocycles. The molecule has 0 unspecified atom stereocenters. The SMILES string of the molecule is Cc1ccc(S(=O)(=O)n2cc(-c3ncc(F)c(C[C@@H]4CCNC4)n3)c3cc(Cl)cnc32)cc1.Cl.O=C(O[C@H]1CCOC1)N1CC[C@@H](Cc2nc(-c3c[nH]c4ncc(Cl)cc34)ncc2F)C1. The molecule has 0 aliphatic carbocycles. The third-order valence-electron chi connectivity index (χ3n) is 11.6. The highest BCUT2D eigenvalue weighted by Gasteiger charge is 2.31. The summed E-state index contributed by atoms with van der Waals surface area (Å²) in [5, 5.41) is 5.35. The van der Waals surface area contributed by atoms with E-state index in [9.17, 15) is 22.0 Å². The molecule has 0 spiro atoms. The number of aromatic nitrogens is 8. The molecular formula is C44H43Cl3F2N10O5S. The summed E-state index contributed by atoms with van der Waals surface area (Å²) in [5.41, 5.74) is 3.57. The second-order valence-corrected chi connectivity index (χ2v) is 18.8. The van der Waals surface area contributed by atoms with Gasteiger partial charge in [0.1, 0.15) is 11.8 Å². The summed E-state index contributed by atoms with van der Waals surface area (Å²) in [6.07, 6.45) is 11.3. The van der Waals surface area contributed by atoms with Crippen LogP contribution in [0.15, 0.2) is 78.5 Å². The lowest BCUT2D eigenvalue weighted by molar-refractivity contribution is 0.0589. The van der Waals surface area contributed by atoms with Crippen molar-refractivity contribution in [3.8, 4) is 22.8 Å². The standard InChI is InChI=1S/C23H21ClFN5O2S.C21H21ClFN5O3.ClH/c1-14-2-4-17(5-3-14)33(31,32)30-13-19(18-9-16(24)11-28-23(18)30)22-27-12-20(25)21(29-22)8-15-6-7-26-10-15;22-13-6-15-16(8-25-19(15)24-7-13)20-26-9-17(23)18(27-20)5-12-1-3-28(10-12)21(29)31-14-2-4-30-11-14;/h2-5,9,11-13,15,26H,6-8,10H2,1H3;6-9,12,14H,1-5,10-11H2,(H,24,25);1H/t15-;12-,14-;/m00./s1. The maximum Gasteiger partial charge on any atom is 0.410 e. The minimum Gasteiger partial charge on any atom is -0.444 e. The van der Waals surface area contributed by atoms with Gasteiger partial charge in [-0.2, -0.15) is 0 Å². The molecule has 7 aromatic rings. The van der Waals surface area contributed by atoms with E-state index in [2.05, 4.69) is 40.2 Å². The van der Waals surface area contributed by atoms with E-state index < -0.39 is 21.7 Å². The molecule has 0 saturated carbocycles. The van der Waals surface area contributed by atoms with Gasteiger partial charge in [-0.15, -0.1) is 12.4 Å². The Bertz CT molecular complexity index is 2970. The Morgan fingerprint density at radius 3 is 2.23 bits per heavy atom. The largest absolute Gasteiger partial charge is 0.444 e. The number of aryl methyl sites for hydroxylation is 1. The molecule has 6 aromatic heterocycles. The summed E-state index contributed by atoms with van der Waals surface area (Å²) in [4.78, 5) is 43.0. The molecule has 21 heteroatoms. The lowest BCUT2D eigenvalue weighted by atomic mass is 10.0. The molecule has 1 amide bonds. The van der Waals surface area contributed by atoms with Crippen LogP contribution in [0.4, 0.5) is 13.6 Å². The zero-order valence-corrected chi connectivity index (χ0v) is 38.0. The van der Waals surface area contributed by atoms with Gasteiger partial charge in [0.25, 0.3) is 10.0 Å². The molecule has 15 nitrogen and oxygen atoms in total. The van der Waals surface area contributed by atoms with Gasteiger partial charge in [0, 0.05) is 66.2 Å². The lowest BCUT2D eigenvalue weighted by Gasteiger charge is -2.19. The summed E-state index contributed by atoms with van der Waals surface area (Å²) in [5.74, 6) is 0.0959. The van der Waals surface area contributed by atoms with Crippen molar-refractivity contribution in [2.45, 2.75) is 50.0 Å². The smallest absolute Gasteiger partial charge is 0.410 e. The molecule has 65 heavy (non-hydrogen) atoms. The fourth-order valence-corrected chi connectivity index (χ4v) is 9.82. The van der Waals surface area contributed by atoms with E-state index >= 15 is 0 Å². The van der Waals surface area contributed by atoms with Crippen molar-refractivity contribution < 1.29 is 31.5 Å². The number of aromatic amines is 1. The Hall–Kier alpha value is -5.37. The Kier molecular flexibility index (Phi) is 13.9. The molecule has 9 heterocycles. The number of pyridine rings is 2. The van der Waals surface area contributed by atoms with E-state index in [1.165, 1.54) is 18.6 Å². The number of nitrogens with zero attached hydrogens (tertiary/aromatic N) is 8. The summed E-state index contributed by atoms with van der Waals surface area (Å²) in [6.45, 7) is 5.77. The van der Waals surface area contributed by atoms with Gasteiger partial charge in [0.05, 0.1) is 51.9 Å². The predicted molar refractivity (Wildman–Crippen MR) is 243 cm³/mol.